The Labute approximate surface area is 214 Å². The summed E-state index contributed by atoms with van der Waals surface area (Å²) >= 11 is 0. The zero-order chi connectivity index (χ0) is 30.5. The van der Waals surface area contributed by atoms with Crippen molar-refractivity contribution in [3.05, 3.63) is 59.6 Å². The molecule has 5 rings (SSSR count). The van der Waals surface area contributed by atoms with Crippen molar-refractivity contribution in [2.75, 3.05) is 33.2 Å². The predicted molar refractivity (Wildman–Crippen MR) is 128 cm³/mol. The normalized spacial score (nSPS) is 16.5. The van der Waals surface area contributed by atoms with Crippen LogP contribution in [0.25, 0.3) is 16.7 Å². The first kappa shape index (κ1) is 16.9. The van der Waals surface area contributed by atoms with Crippen LogP contribution in [0.5, 0.6) is 5.75 Å². The van der Waals surface area contributed by atoms with Gasteiger partial charge in [0.15, 0.2) is 5.82 Å². The maximum Gasteiger partial charge on any atom is 0.295 e. The fraction of sp³-hybridized carbons (Fsp3) is 0.292. The third-order valence-electron chi connectivity index (χ3n) is 5.79. The number of rotatable bonds is 5. The molecule has 1 saturated heterocycles. The van der Waals surface area contributed by atoms with Gasteiger partial charge in [-0.2, -0.15) is 5.10 Å². The fourth-order valence-electron chi connectivity index (χ4n) is 3.95. The Kier molecular flexibility index (Phi) is 4.33. The maximum absolute atomic E-state index is 13.5. The van der Waals surface area contributed by atoms with E-state index in [1.165, 1.54) is 33.9 Å². The molecule has 0 atom stereocenters. The van der Waals surface area contributed by atoms with Gasteiger partial charge in [0.1, 0.15) is 23.6 Å². The van der Waals surface area contributed by atoms with Crippen LogP contribution < -0.4 is 4.74 Å². The van der Waals surface area contributed by atoms with Crippen LogP contribution in [0.3, 0.4) is 0 Å². The Bertz CT molecular complexity index is 1740. The molecule has 1 aliphatic heterocycles. The number of amides is 2. The number of fused-ring (bicyclic) bond motifs is 1. The molecule has 4 aromatic heterocycles. The van der Waals surface area contributed by atoms with Crippen LogP contribution in [0.15, 0.2) is 37.0 Å². The summed E-state index contributed by atoms with van der Waals surface area (Å²) in [5.74, 6) is -2.05. The van der Waals surface area contributed by atoms with Crippen molar-refractivity contribution in [3.63, 3.8) is 0 Å². The average molecular weight is 495 g/mol. The van der Waals surface area contributed by atoms with Gasteiger partial charge in [-0.05, 0) is 25.5 Å². The lowest BCUT2D eigenvalue weighted by molar-refractivity contribution is -0.127. The Morgan fingerprint density at radius 1 is 1.08 bits per heavy atom. The Hall–Kier alpha value is -4.61. The average Bonchev–Trinajstić information content (AvgIpc) is 3.59. The number of hydrogen-bond donors (Lipinski definition) is 1. The largest absolute Gasteiger partial charge is 0.494 e. The van der Waals surface area contributed by atoms with E-state index in [1.54, 1.807) is 6.92 Å². The summed E-state index contributed by atoms with van der Waals surface area (Å²) in [5, 5.41) is 4.23. The van der Waals surface area contributed by atoms with Crippen LogP contribution in [0.4, 0.5) is 0 Å². The molecule has 0 spiro atoms. The van der Waals surface area contributed by atoms with E-state index in [9.17, 15) is 14.4 Å². The molecule has 12 heteroatoms. The Morgan fingerprint density at radius 2 is 1.86 bits per heavy atom. The third-order valence-corrected chi connectivity index (χ3v) is 5.79. The minimum atomic E-state index is -2.86. The van der Waals surface area contributed by atoms with Crippen LogP contribution in [0, 0.1) is 13.8 Å². The highest BCUT2D eigenvalue weighted by Crippen LogP contribution is 2.31. The van der Waals surface area contributed by atoms with E-state index >= 15 is 0 Å². The number of nitrogens with zero attached hydrogens (tertiary/aromatic N) is 7. The maximum atomic E-state index is 13.5. The van der Waals surface area contributed by atoms with E-state index < -0.39 is 24.6 Å². The number of ether oxygens (including phenoxy) is 1. The fourth-order valence-corrected chi connectivity index (χ4v) is 3.95. The molecule has 1 N–H and O–H groups in total. The number of carbonyl (C=O) groups excluding carboxylic acids is 3. The second-order valence-corrected chi connectivity index (χ2v) is 8.10. The van der Waals surface area contributed by atoms with Gasteiger partial charge in [-0.3, -0.25) is 19.4 Å². The summed E-state index contributed by atoms with van der Waals surface area (Å²) in [5.41, 5.74) is -0.0667. The van der Waals surface area contributed by atoms with Gasteiger partial charge in [0.05, 0.1) is 37.9 Å². The third kappa shape index (κ3) is 4.06. The first-order valence-corrected chi connectivity index (χ1v) is 10.9. The van der Waals surface area contributed by atoms with Crippen molar-refractivity contribution >= 4 is 28.5 Å². The monoisotopic (exact) mass is 494 g/mol. The van der Waals surface area contributed by atoms with E-state index in [2.05, 4.69) is 25.0 Å². The Morgan fingerprint density at radius 3 is 2.58 bits per heavy atom. The number of Topliss-reactive ketones (excluding diaryl/α,β-unsaturated/α-hetero) is 1. The number of aryl methyl sites for hydroxylation is 1. The molecule has 1 fully saturated rings. The number of nitrogens with one attached hydrogen (secondary N) is 1. The summed E-state index contributed by atoms with van der Waals surface area (Å²) in [6.45, 7) is 3.16. The number of piperazine rings is 1. The summed E-state index contributed by atoms with van der Waals surface area (Å²) in [7, 11) is -2.86. The summed E-state index contributed by atoms with van der Waals surface area (Å²) in [4.78, 5) is 57.4. The Balaban J connectivity index is 1.39. The minimum Gasteiger partial charge on any atom is -0.494 e. The highest BCUT2D eigenvalue weighted by atomic mass is 16.5. The second-order valence-electron chi connectivity index (χ2n) is 8.10. The van der Waals surface area contributed by atoms with Crippen molar-refractivity contribution in [2.45, 2.75) is 13.8 Å². The molecule has 0 bridgehead atoms. The molecule has 0 aromatic carbocycles. The smallest absolute Gasteiger partial charge is 0.295 e. The van der Waals surface area contributed by atoms with Gasteiger partial charge in [0.25, 0.3) is 17.6 Å². The molecule has 12 nitrogen and oxygen atoms in total. The molecule has 36 heavy (non-hydrogen) atoms. The van der Waals surface area contributed by atoms with Gasteiger partial charge in [-0.1, -0.05) is 6.04 Å². The SMILES string of the molecule is [2H]c1nc(C(=O)N2CCN(C(=O)C(=O)c3c[nH]c4c(-n5cnc(C)n5)ncc(OC([2H])([2H])[2H])c34)CC2)c([2H])c([2H])c1C. The zero-order valence-corrected chi connectivity index (χ0v) is 19.3. The van der Waals surface area contributed by atoms with Crippen molar-refractivity contribution in [3.8, 4) is 11.6 Å². The lowest BCUT2D eigenvalue weighted by Gasteiger charge is -2.34. The number of H-pyrrole nitrogens is 1. The van der Waals surface area contributed by atoms with Gasteiger partial charge in [-0.25, -0.2) is 14.6 Å². The molecule has 184 valence electrons. The van der Waals surface area contributed by atoms with Crippen LogP contribution in [-0.4, -0.2) is 90.3 Å². The predicted octanol–water partition coefficient (Wildman–Crippen LogP) is 1.33. The molecular formula is C24H24N8O4. The molecule has 0 aliphatic carbocycles. The highest BCUT2D eigenvalue weighted by molar-refractivity contribution is 6.45. The summed E-state index contributed by atoms with van der Waals surface area (Å²) < 4.78 is 52.9. The van der Waals surface area contributed by atoms with Gasteiger partial charge in [0.2, 0.25) is 0 Å². The first-order chi connectivity index (χ1) is 19.8. The quantitative estimate of drug-likeness (QED) is 0.324. The number of aromatic amines is 1. The number of carbonyl (C=O) groups is 3. The lowest BCUT2D eigenvalue weighted by Crippen LogP contribution is -2.52. The van der Waals surface area contributed by atoms with Crippen molar-refractivity contribution in [1.29, 1.82) is 0 Å². The minimum absolute atomic E-state index is 0.0109. The molecule has 2 amide bonds. The zero-order valence-electron chi connectivity index (χ0n) is 25.3. The molecular weight excluding hydrogens is 464 g/mol. The highest BCUT2D eigenvalue weighted by Gasteiger charge is 2.31. The van der Waals surface area contributed by atoms with Crippen LogP contribution in [-0.2, 0) is 4.79 Å². The summed E-state index contributed by atoms with van der Waals surface area (Å²) in [6, 6.07) is -0.637. The van der Waals surface area contributed by atoms with Gasteiger partial charge < -0.3 is 19.5 Å². The molecule has 1 aliphatic rings. The van der Waals surface area contributed by atoms with Gasteiger partial charge >= 0.3 is 0 Å². The number of ketones is 1. The number of aromatic nitrogens is 6. The molecule has 5 heterocycles. The van der Waals surface area contributed by atoms with E-state index in [-0.39, 0.29) is 83.7 Å². The van der Waals surface area contributed by atoms with Crippen LogP contribution >= 0.6 is 0 Å². The van der Waals surface area contributed by atoms with Crippen molar-refractivity contribution in [1.82, 2.24) is 39.5 Å². The van der Waals surface area contributed by atoms with E-state index in [1.807, 2.05) is 0 Å². The molecule has 0 radical (unpaired) electrons. The van der Waals surface area contributed by atoms with Gasteiger partial charge in [-0.15, -0.1) is 0 Å². The molecule has 0 saturated carbocycles. The topological polar surface area (TPSA) is 139 Å². The molecule has 0 unspecified atom stereocenters. The van der Waals surface area contributed by atoms with E-state index in [4.69, 9.17) is 13.0 Å². The van der Waals surface area contributed by atoms with Crippen molar-refractivity contribution < 1.29 is 27.3 Å². The first-order valence-electron chi connectivity index (χ1n) is 13.9. The summed E-state index contributed by atoms with van der Waals surface area (Å²) in [6.07, 6.45) is 3.52. The number of hydrogen-bond acceptors (Lipinski definition) is 8. The number of methoxy groups -OCH3 is 1. The van der Waals surface area contributed by atoms with Crippen LogP contribution in [0.1, 0.15) is 40.5 Å². The standard InChI is InChI=1S/C24H24N8O4/c1-14-4-5-17(25-10-14)23(34)30-6-8-31(9-7-30)24(35)21(33)16-11-26-20-19(16)18(36-3)12-27-22(20)32-13-28-15(2)29-32/h4-5,10-13,26H,6-9H2,1-3H3/i3D3,4D,5D,10D. The van der Waals surface area contributed by atoms with E-state index in [0.29, 0.717) is 5.82 Å². The van der Waals surface area contributed by atoms with Crippen molar-refractivity contribution in [2.24, 2.45) is 0 Å². The lowest BCUT2D eigenvalue weighted by atomic mass is 10.1. The van der Waals surface area contributed by atoms with Gasteiger partial charge in [0, 0.05) is 38.5 Å². The second kappa shape index (κ2) is 9.21. The van der Waals surface area contributed by atoms with Crippen LogP contribution in [0.2, 0.25) is 0 Å². The number of pyridine rings is 2. The molecule has 4 aromatic rings. The van der Waals surface area contributed by atoms with E-state index in [0.717, 1.165) is 6.20 Å².